The number of aryl methyl sites for hydroxylation is 1. The first kappa shape index (κ1) is 24.6. The minimum atomic E-state index is -4.29. The van der Waals surface area contributed by atoms with Crippen molar-refractivity contribution < 1.29 is 32.5 Å². The van der Waals surface area contributed by atoms with Crippen LogP contribution >= 0.6 is 0 Å². The molecule has 2 atom stereocenters. The number of urea groups is 1. The van der Waals surface area contributed by atoms with Gasteiger partial charge in [-0.15, -0.1) is 0 Å². The number of pyridine rings is 1. The van der Waals surface area contributed by atoms with Crippen LogP contribution in [0.5, 0.6) is 5.88 Å². The Morgan fingerprint density at radius 1 is 1.28 bits per heavy atom. The predicted octanol–water partition coefficient (Wildman–Crippen LogP) is 3.68. The molecule has 5 rings (SSSR count). The zero-order chi connectivity index (χ0) is 25.5. The van der Waals surface area contributed by atoms with Crippen LogP contribution in [-0.4, -0.2) is 79.8 Å². The second-order valence-corrected chi connectivity index (χ2v) is 9.62. The van der Waals surface area contributed by atoms with E-state index in [1.54, 1.807) is 18.2 Å². The second-order valence-electron chi connectivity index (χ2n) is 9.62. The SMILES string of the molecule is Cc1ccc(NC(=O)N2CC3CC3(C(F)(F)F)C2)cc1-c1cc(OCCO)nc(N2CCOCC2)c1. The van der Waals surface area contributed by atoms with Gasteiger partial charge in [0.1, 0.15) is 12.4 Å². The third kappa shape index (κ3) is 4.69. The van der Waals surface area contributed by atoms with Crippen LogP contribution in [-0.2, 0) is 4.74 Å². The van der Waals surface area contributed by atoms with Crippen LogP contribution in [0.3, 0.4) is 0 Å². The fraction of sp³-hybridized carbons (Fsp3) is 0.520. The highest BCUT2D eigenvalue weighted by Crippen LogP contribution is 2.66. The molecule has 8 nitrogen and oxygen atoms in total. The summed E-state index contributed by atoms with van der Waals surface area (Å²) in [5.41, 5.74) is 1.34. The highest BCUT2D eigenvalue weighted by molar-refractivity contribution is 5.91. The molecule has 1 aromatic carbocycles. The van der Waals surface area contributed by atoms with Gasteiger partial charge in [-0.2, -0.15) is 18.2 Å². The number of rotatable bonds is 6. The van der Waals surface area contributed by atoms with Gasteiger partial charge in [-0.05, 0) is 54.2 Å². The Kier molecular flexibility index (Phi) is 6.46. The van der Waals surface area contributed by atoms with Gasteiger partial charge in [-0.3, -0.25) is 0 Å². The summed E-state index contributed by atoms with van der Waals surface area (Å²) in [4.78, 5) is 20.7. The lowest BCUT2D eigenvalue weighted by atomic mass is 10.0. The van der Waals surface area contributed by atoms with E-state index < -0.39 is 23.5 Å². The smallest absolute Gasteiger partial charge is 0.396 e. The molecule has 2 saturated heterocycles. The number of aromatic nitrogens is 1. The van der Waals surface area contributed by atoms with Crippen molar-refractivity contribution in [1.82, 2.24) is 9.88 Å². The molecule has 2 unspecified atom stereocenters. The number of carbonyl (C=O) groups excluding carboxylic acids is 1. The quantitative estimate of drug-likeness (QED) is 0.622. The molecule has 3 aliphatic rings. The molecule has 2 aromatic rings. The summed E-state index contributed by atoms with van der Waals surface area (Å²) in [5, 5.41) is 12.0. The number of hydrogen-bond acceptors (Lipinski definition) is 6. The van der Waals surface area contributed by atoms with Gasteiger partial charge >= 0.3 is 12.2 Å². The number of hydrogen-bond donors (Lipinski definition) is 2. The number of fused-ring (bicyclic) bond motifs is 1. The van der Waals surface area contributed by atoms with Gasteiger partial charge in [0.25, 0.3) is 0 Å². The lowest BCUT2D eigenvalue weighted by Gasteiger charge is -2.28. The number of nitrogens with one attached hydrogen (secondary N) is 1. The van der Waals surface area contributed by atoms with E-state index in [4.69, 9.17) is 9.47 Å². The van der Waals surface area contributed by atoms with E-state index in [1.165, 1.54) is 4.90 Å². The minimum absolute atomic E-state index is 0.100. The number of likely N-dealkylation sites (tertiary alicyclic amines) is 1. The van der Waals surface area contributed by atoms with Crippen molar-refractivity contribution in [2.75, 3.05) is 62.8 Å². The number of ether oxygens (including phenoxy) is 2. The van der Waals surface area contributed by atoms with Gasteiger partial charge in [-0.25, -0.2) is 4.79 Å². The number of nitrogens with zero attached hydrogens (tertiary/aromatic N) is 3. The molecule has 2 amide bonds. The van der Waals surface area contributed by atoms with Crippen molar-refractivity contribution in [3.05, 3.63) is 35.9 Å². The number of anilines is 2. The predicted molar refractivity (Wildman–Crippen MR) is 127 cm³/mol. The lowest BCUT2D eigenvalue weighted by molar-refractivity contribution is -0.187. The van der Waals surface area contributed by atoms with E-state index in [0.717, 1.165) is 16.7 Å². The van der Waals surface area contributed by atoms with Crippen LogP contribution in [0, 0.1) is 18.3 Å². The summed E-state index contributed by atoms with van der Waals surface area (Å²) in [7, 11) is 0. The van der Waals surface area contributed by atoms with Gasteiger partial charge in [-0.1, -0.05) is 6.07 Å². The van der Waals surface area contributed by atoms with Gasteiger partial charge in [0, 0.05) is 37.9 Å². The van der Waals surface area contributed by atoms with E-state index in [-0.39, 0.29) is 32.7 Å². The molecule has 0 spiro atoms. The van der Waals surface area contributed by atoms with E-state index in [0.29, 0.717) is 43.7 Å². The Labute approximate surface area is 207 Å². The van der Waals surface area contributed by atoms with Gasteiger partial charge in [0.2, 0.25) is 5.88 Å². The third-order valence-corrected chi connectivity index (χ3v) is 7.26. The minimum Gasteiger partial charge on any atom is -0.475 e. The van der Waals surface area contributed by atoms with Crippen LogP contribution in [0.2, 0.25) is 0 Å². The highest BCUT2D eigenvalue weighted by Gasteiger charge is 2.74. The Morgan fingerprint density at radius 3 is 2.75 bits per heavy atom. The fourth-order valence-corrected chi connectivity index (χ4v) is 5.12. The number of halogens is 3. The molecule has 2 aliphatic heterocycles. The van der Waals surface area contributed by atoms with Crippen molar-refractivity contribution in [2.24, 2.45) is 11.3 Å². The number of aliphatic hydroxyl groups is 1. The summed E-state index contributed by atoms with van der Waals surface area (Å²) in [5.74, 6) is 0.571. The Bertz CT molecular complexity index is 1140. The van der Waals surface area contributed by atoms with Gasteiger partial charge in [0.05, 0.1) is 25.2 Å². The number of morpholine rings is 1. The maximum absolute atomic E-state index is 13.4. The third-order valence-electron chi connectivity index (χ3n) is 7.26. The van der Waals surface area contributed by atoms with Crippen LogP contribution in [0.25, 0.3) is 11.1 Å². The average Bonchev–Trinajstić information content (AvgIpc) is 3.45. The lowest BCUT2D eigenvalue weighted by Crippen LogP contribution is -2.38. The van der Waals surface area contributed by atoms with E-state index >= 15 is 0 Å². The maximum Gasteiger partial charge on any atom is 0.396 e. The van der Waals surface area contributed by atoms with Gasteiger partial charge in [0.15, 0.2) is 0 Å². The monoisotopic (exact) mass is 506 g/mol. The Hall–Kier alpha value is -3.05. The number of benzene rings is 1. The first-order valence-electron chi connectivity index (χ1n) is 12.0. The zero-order valence-corrected chi connectivity index (χ0v) is 20.0. The number of piperidine rings is 1. The molecule has 194 valence electrons. The first-order chi connectivity index (χ1) is 17.2. The summed E-state index contributed by atoms with van der Waals surface area (Å²) in [6, 6.07) is 8.57. The van der Waals surface area contributed by atoms with Crippen molar-refractivity contribution in [3.63, 3.8) is 0 Å². The number of carbonyl (C=O) groups is 1. The molecule has 3 heterocycles. The first-order valence-corrected chi connectivity index (χ1v) is 12.0. The van der Waals surface area contributed by atoms with Crippen molar-refractivity contribution in [3.8, 4) is 17.0 Å². The molecular formula is C25H29F3N4O4. The molecule has 11 heteroatoms. The van der Waals surface area contributed by atoms with E-state index in [1.807, 2.05) is 19.1 Å². The standard InChI is InChI=1S/C25H29F3N4O4/c1-16-2-3-19(29-23(34)32-14-18-13-24(18,15-32)25(26,27)28)12-20(16)17-10-21(31-4-7-35-8-5-31)30-22(11-17)36-9-6-33/h2-3,10-12,18,33H,4-9,13-15H2,1H3,(H,29,34). The van der Waals surface area contributed by atoms with Crippen LogP contribution in [0.1, 0.15) is 12.0 Å². The normalized spacial score (nSPS) is 23.4. The van der Waals surface area contributed by atoms with E-state index in [9.17, 15) is 23.1 Å². The number of alkyl halides is 3. The van der Waals surface area contributed by atoms with Crippen LogP contribution in [0.4, 0.5) is 29.5 Å². The van der Waals surface area contributed by atoms with Crippen molar-refractivity contribution in [1.29, 1.82) is 0 Å². The fourth-order valence-electron chi connectivity index (χ4n) is 5.12. The molecule has 1 aliphatic carbocycles. The topological polar surface area (TPSA) is 87.2 Å². The maximum atomic E-state index is 13.4. The molecular weight excluding hydrogens is 477 g/mol. The van der Waals surface area contributed by atoms with Crippen molar-refractivity contribution in [2.45, 2.75) is 19.5 Å². The van der Waals surface area contributed by atoms with Crippen molar-refractivity contribution >= 4 is 17.5 Å². The highest BCUT2D eigenvalue weighted by atomic mass is 19.4. The molecule has 2 N–H and O–H groups in total. The average molecular weight is 507 g/mol. The Balaban J connectivity index is 1.38. The van der Waals surface area contributed by atoms with Crippen LogP contribution < -0.4 is 15.0 Å². The Morgan fingerprint density at radius 2 is 2.06 bits per heavy atom. The van der Waals surface area contributed by atoms with E-state index in [2.05, 4.69) is 15.2 Å². The zero-order valence-electron chi connectivity index (χ0n) is 20.0. The molecule has 3 fully saturated rings. The van der Waals surface area contributed by atoms with Gasteiger partial charge < -0.3 is 29.7 Å². The summed E-state index contributed by atoms with van der Waals surface area (Å²) >= 11 is 0. The molecule has 1 aromatic heterocycles. The molecule has 0 bridgehead atoms. The molecule has 0 radical (unpaired) electrons. The molecule has 1 saturated carbocycles. The number of aliphatic hydroxyl groups excluding tert-OH is 1. The van der Waals surface area contributed by atoms with Crippen LogP contribution in [0.15, 0.2) is 30.3 Å². The summed E-state index contributed by atoms with van der Waals surface area (Å²) < 4.78 is 51.3. The second kappa shape index (κ2) is 9.44. The number of amides is 2. The molecule has 36 heavy (non-hydrogen) atoms. The largest absolute Gasteiger partial charge is 0.475 e. The summed E-state index contributed by atoms with van der Waals surface area (Å²) in [6.45, 7) is 4.25. The summed E-state index contributed by atoms with van der Waals surface area (Å²) in [6.07, 6.45) is -4.19.